The molecule has 1 amide bonds. The van der Waals surface area contributed by atoms with E-state index in [0.29, 0.717) is 16.3 Å². The van der Waals surface area contributed by atoms with Crippen molar-refractivity contribution in [3.63, 3.8) is 0 Å². The molecule has 0 saturated heterocycles. The Hall–Kier alpha value is -2.58. The van der Waals surface area contributed by atoms with Gasteiger partial charge in [-0.05, 0) is 70.4 Å². The second-order valence-corrected chi connectivity index (χ2v) is 8.22. The molecule has 0 bridgehead atoms. The van der Waals surface area contributed by atoms with Gasteiger partial charge in [-0.2, -0.15) is 0 Å². The minimum Gasteiger partial charge on any atom is -0.481 e. The SMILES string of the molecule is CCOC(=O)c1sc(NC(=O)C(C)Oc2cc(C)c(Cl)c(C)c2)c(C(=O)OCC)c1C. The summed E-state index contributed by atoms with van der Waals surface area (Å²) < 4.78 is 15.9. The smallest absolute Gasteiger partial charge is 0.348 e. The maximum atomic E-state index is 12.8. The Kier molecular flexibility index (Phi) is 8.47. The highest BCUT2D eigenvalue weighted by Crippen LogP contribution is 2.34. The number of hydrogen-bond acceptors (Lipinski definition) is 7. The van der Waals surface area contributed by atoms with Gasteiger partial charge in [-0.1, -0.05) is 11.6 Å². The van der Waals surface area contributed by atoms with Crippen LogP contribution >= 0.6 is 22.9 Å². The zero-order valence-corrected chi connectivity index (χ0v) is 20.0. The fourth-order valence-electron chi connectivity index (χ4n) is 2.89. The number of carbonyl (C=O) groups excluding carboxylic acids is 3. The van der Waals surface area contributed by atoms with E-state index >= 15 is 0 Å². The number of ether oxygens (including phenoxy) is 3. The number of halogens is 1. The lowest BCUT2D eigenvalue weighted by Gasteiger charge is -2.16. The molecule has 0 fully saturated rings. The van der Waals surface area contributed by atoms with E-state index < -0.39 is 23.9 Å². The Bertz CT molecular complexity index is 977. The highest BCUT2D eigenvalue weighted by atomic mass is 35.5. The van der Waals surface area contributed by atoms with Crippen molar-refractivity contribution in [3.05, 3.63) is 44.3 Å². The maximum Gasteiger partial charge on any atom is 0.348 e. The van der Waals surface area contributed by atoms with Crippen molar-refractivity contribution in [1.29, 1.82) is 0 Å². The Labute approximate surface area is 190 Å². The van der Waals surface area contributed by atoms with E-state index in [4.69, 9.17) is 25.8 Å². The second kappa shape index (κ2) is 10.6. The van der Waals surface area contributed by atoms with Crippen LogP contribution in [0.4, 0.5) is 5.00 Å². The van der Waals surface area contributed by atoms with Crippen molar-refractivity contribution >= 4 is 45.8 Å². The van der Waals surface area contributed by atoms with Crippen LogP contribution in [0.15, 0.2) is 12.1 Å². The molecule has 0 radical (unpaired) electrons. The summed E-state index contributed by atoms with van der Waals surface area (Å²) in [5.41, 5.74) is 2.20. The molecular formula is C22H26ClNO6S. The Morgan fingerprint density at radius 2 is 1.58 bits per heavy atom. The van der Waals surface area contributed by atoms with Crippen LogP contribution in [0.3, 0.4) is 0 Å². The number of aryl methyl sites for hydroxylation is 2. The number of carbonyl (C=O) groups is 3. The van der Waals surface area contributed by atoms with E-state index in [1.807, 2.05) is 13.8 Å². The quantitative estimate of drug-likeness (QED) is 0.544. The molecule has 1 heterocycles. The van der Waals surface area contributed by atoms with Gasteiger partial charge in [0.15, 0.2) is 6.10 Å². The zero-order valence-electron chi connectivity index (χ0n) is 18.4. The first-order chi connectivity index (χ1) is 14.6. The molecule has 2 aromatic rings. The van der Waals surface area contributed by atoms with E-state index in [-0.39, 0.29) is 28.7 Å². The van der Waals surface area contributed by atoms with Crippen LogP contribution in [-0.4, -0.2) is 37.2 Å². The molecule has 1 aromatic carbocycles. The highest BCUT2D eigenvalue weighted by Gasteiger charge is 2.28. The third kappa shape index (κ3) is 5.77. The van der Waals surface area contributed by atoms with E-state index in [9.17, 15) is 14.4 Å². The monoisotopic (exact) mass is 467 g/mol. The summed E-state index contributed by atoms with van der Waals surface area (Å²) >= 11 is 7.15. The van der Waals surface area contributed by atoms with Crippen LogP contribution in [-0.2, 0) is 14.3 Å². The topological polar surface area (TPSA) is 90.9 Å². The molecule has 1 N–H and O–H groups in total. The largest absolute Gasteiger partial charge is 0.481 e. The van der Waals surface area contributed by atoms with Gasteiger partial charge in [0.05, 0.1) is 18.8 Å². The molecule has 7 nitrogen and oxygen atoms in total. The summed E-state index contributed by atoms with van der Waals surface area (Å²) in [4.78, 5) is 37.7. The molecule has 2 rings (SSSR count). The highest BCUT2D eigenvalue weighted by molar-refractivity contribution is 7.18. The van der Waals surface area contributed by atoms with E-state index in [1.165, 1.54) is 0 Å². The Morgan fingerprint density at radius 3 is 2.13 bits per heavy atom. The van der Waals surface area contributed by atoms with Crippen LogP contribution < -0.4 is 10.1 Å². The standard InChI is InChI=1S/C22H26ClNO6S/c1-7-28-21(26)16-13(5)18(22(27)29-8-2)31-20(16)24-19(25)14(6)30-15-9-11(3)17(23)12(4)10-15/h9-10,14H,7-8H2,1-6H3,(H,24,25). The number of thiophene rings is 1. The fourth-order valence-corrected chi connectivity index (χ4v) is 4.09. The fraction of sp³-hybridized carbons (Fsp3) is 0.409. The van der Waals surface area contributed by atoms with Gasteiger partial charge < -0.3 is 19.5 Å². The van der Waals surface area contributed by atoms with Crippen molar-refractivity contribution in [2.75, 3.05) is 18.5 Å². The van der Waals surface area contributed by atoms with Crippen molar-refractivity contribution in [2.24, 2.45) is 0 Å². The second-order valence-electron chi connectivity index (χ2n) is 6.82. The lowest BCUT2D eigenvalue weighted by Crippen LogP contribution is -2.30. The van der Waals surface area contributed by atoms with E-state index in [2.05, 4.69) is 5.32 Å². The summed E-state index contributed by atoms with van der Waals surface area (Å²) in [6.07, 6.45) is -0.872. The summed E-state index contributed by atoms with van der Waals surface area (Å²) in [5, 5.41) is 3.54. The molecular weight excluding hydrogens is 442 g/mol. The number of benzene rings is 1. The number of nitrogens with one attached hydrogen (secondary N) is 1. The minimum absolute atomic E-state index is 0.133. The Balaban J connectivity index is 2.29. The first kappa shape index (κ1) is 24.7. The molecule has 9 heteroatoms. The molecule has 0 saturated carbocycles. The summed E-state index contributed by atoms with van der Waals surface area (Å²) in [5.74, 6) is -1.17. The molecule has 1 aromatic heterocycles. The van der Waals surface area contributed by atoms with Gasteiger partial charge >= 0.3 is 11.9 Å². The lowest BCUT2D eigenvalue weighted by atomic mass is 10.1. The van der Waals surface area contributed by atoms with Crippen molar-refractivity contribution in [2.45, 2.75) is 47.6 Å². The first-order valence-electron chi connectivity index (χ1n) is 9.82. The average molecular weight is 468 g/mol. The van der Waals surface area contributed by atoms with Crippen molar-refractivity contribution < 1.29 is 28.6 Å². The van der Waals surface area contributed by atoms with Gasteiger partial charge in [0, 0.05) is 5.02 Å². The number of esters is 2. The van der Waals surface area contributed by atoms with Crippen LogP contribution in [0.5, 0.6) is 5.75 Å². The van der Waals surface area contributed by atoms with Gasteiger partial charge in [0.1, 0.15) is 15.6 Å². The van der Waals surface area contributed by atoms with E-state index in [0.717, 1.165) is 22.5 Å². The van der Waals surface area contributed by atoms with Gasteiger partial charge in [0.2, 0.25) is 0 Å². The number of amides is 1. The minimum atomic E-state index is -0.872. The average Bonchev–Trinajstić information content (AvgIpc) is 3.02. The number of anilines is 1. The molecule has 0 aliphatic heterocycles. The van der Waals surface area contributed by atoms with Crippen LogP contribution in [0.1, 0.15) is 57.5 Å². The van der Waals surface area contributed by atoms with Crippen LogP contribution in [0.25, 0.3) is 0 Å². The summed E-state index contributed by atoms with van der Waals surface area (Å²) in [7, 11) is 0. The predicted molar refractivity (Wildman–Crippen MR) is 121 cm³/mol. The van der Waals surface area contributed by atoms with Gasteiger partial charge in [-0.3, -0.25) is 4.79 Å². The first-order valence-corrected chi connectivity index (χ1v) is 11.0. The molecule has 31 heavy (non-hydrogen) atoms. The maximum absolute atomic E-state index is 12.8. The number of rotatable bonds is 8. The zero-order chi connectivity index (χ0) is 23.3. The van der Waals surface area contributed by atoms with E-state index in [1.54, 1.807) is 39.8 Å². The molecule has 0 aliphatic rings. The van der Waals surface area contributed by atoms with Crippen molar-refractivity contribution in [1.82, 2.24) is 0 Å². The van der Waals surface area contributed by atoms with Crippen LogP contribution in [0, 0.1) is 20.8 Å². The summed E-state index contributed by atoms with van der Waals surface area (Å²) in [6, 6.07) is 3.49. The van der Waals surface area contributed by atoms with Gasteiger partial charge in [0.25, 0.3) is 5.91 Å². The normalized spacial score (nSPS) is 11.6. The summed E-state index contributed by atoms with van der Waals surface area (Å²) in [6.45, 7) is 10.6. The molecule has 0 aliphatic carbocycles. The predicted octanol–water partition coefficient (Wildman–Crippen LogP) is 5.09. The third-order valence-electron chi connectivity index (χ3n) is 4.42. The molecule has 1 unspecified atom stereocenters. The Morgan fingerprint density at radius 1 is 1.03 bits per heavy atom. The molecule has 1 atom stereocenters. The van der Waals surface area contributed by atoms with Crippen molar-refractivity contribution in [3.8, 4) is 5.75 Å². The molecule has 0 spiro atoms. The lowest BCUT2D eigenvalue weighted by molar-refractivity contribution is -0.122. The van der Waals surface area contributed by atoms with Gasteiger partial charge in [-0.25, -0.2) is 9.59 Å². The third-order valence-corrected chi connectivity index (χ3v) is 6.20. The number of hydrogen-bond donors (Lipinski definition) is 1. The van der Waals surface area contributed by atoms with Gasteiger partial charge in [-0.15, -0.1) is 11.3 Å². The molecule has 168 valence electrons. The van der Waals surface area contributed by atoms with Crippen LogP contribution in [0.2, 0.25) is 5.02 Å².